The first kappa shape index (κ1) is 12.4. The maximum absolute atomic E-state index is 10.7. The van der Waals surface area contributed by atoms with Crippen LogP contribution in [0.3, 0.4) is 0 Å². The fraction of sp³-hybridized carbons (Fsp3) is 0.455. The van der Waals surface area contributed by atoms with Crippen molar-refractivity contribution in [3.63, 3.8) is 0 Å². The van der Waals surface area contributed by atoms with E-state index in [1.807, 2.05) is 6.92 Å². The largest absolute Gasteiger partial charge is 0.477 e. The molecule has 0 saturated heterocycles. The van der Waals surface area contributed by atoms with Crippen molar-refractivity contribution in [3.05, 3.63) is 23.9 Å². The topological polar surface area (TPSA) is 71.5 Å². The molecule has 0 amide bonds. The molecule has 1 aromatic rings. The molecular weight excluding hydrogens is 208 g/mol. The van der Waals surface area contributed by atoms with E-state index in [0.717, 1.165) is 6.42 Å². The number of pyridine rings is 1. The Labute approximate surface area is 94.5 Å². The number of hydrogen-bond acceptors (Lipinski definition) is 4. The lowest BCUT2D eigenvalue weighted by atomic mass is 10.2. The van der Waals surface area contributed by atoms with Crippen LogP contribution < -0.4 is 5.32 Å². The summed E-state index contributed by atoms with van der Waals surface area (Å²) < 4.78 is 5.04. The van der Waals surface area contributed by atoms with E-state index in [0.29, 0.717) is 12.4 Å². The lowest BCUT2D eigenvalue weighted by Gasteiger charge is -2.16. The van der Waals surface area contributed by atoms with Crippen molar-refractivity contribution >= 4 is 11.8 Å². The summed E-state index contributed by atoms with van der Waals surface area (Å²) in [7, 11) is 1.63. The molecule has 0 fully saturated rings. The van der Waals surface area contributed by atoms with Gasteiger partial charge in [-0.3, -0.25) is 0 Å². The fourth-order valence-electron chi connectivity index (χ4n) is 1.31. The molecule has 0 bridgehead atoms. The van der Waals surface area contributed by atoms with Gasteiger partial charge in [0.2, 0.25) is 0 Å². The standard InChI is InChI=1S/C11H16N2O3/c1-3-8(7-16-2)12-10-6-4-5-9(13-10)11(14)15/h4-6,8H,3,7H2,1-2H3,(H,12,13)(H,14,15). The fourth-order valence-corrected chi connectivity index (χ4v) is 1.31. The first-order valence-corrected chi connectivity index (χ1v) is 5.13. The quantitative estimate of drug-likeness (QED) is 0.768. The summed E-state index contributed by atoms with van der Waals surface area (Å²) in [6.45, 7) is 2.59. The lowest BCUT2D eigenvalue weighted by molar-refractivity contribution is 0.0690. The third-order valence-electron chi connectivity index (χ3n) is 2.18. The Morgan fingerprint density at radius 1 is 1.62 bits per heavy atom. The molecule has 2 N–H and O–H groups in total. The number of rotatable bonds is 6. The highest BCUT2D eigenvalue weighted by molar-refractivity contribution is 5.85. The number of aromatic carboxylic acids is 1. The van der Waals surface area contributed by atoms with Crippen LogP contribution in [0.15, 0.2) is 18.2 Å². The number of carboxylic acids is 1. The van der Waals surface area contributed by atoms with E-state index in [1.165, 1.54) is 6.07 Å². The number of ether oxygens (including phenoxy) is 1. The van der Waals surface area contributed by atoms with E-state index in [9.17, 15) is 4.79 Å². The Balaban J connectivity index is 2.72. The summed E-state index contributed by atoms with van der Waals surface area (Å²) in [6.07, 6.45) is 0.882. The van der Waals surface area contributed by atoms with Gasteiger partial charge < -0.3 is 15.2 Å². The van der Waals surface area contributed by atoms with Gasteiger partial charge in [-0.2, -0.15) is 0 Å². The number of methoxy groups -OCH3 is 1. The predicted octanol–water partition coefficient (Wildman–Crippen LogP) is 1.62. The lowest BCUT2D eigenvalue weighted by Crippen LogP contribution is -2.24. The van der Waals surface area contributed by atoms with Crippen LogP contribution in [-0.4, -0.2) is 35.8 Å². The zero-order chi connectivity index (χ0) is 12.0. The summed E-state index contributed by atoms with van der Waals surface area (Å²) in [4.78, 5) is 14.7. The van der Waals surface area contributed by atoms with Crippen molar-refractivity contribution in [2.45, 2.75) is 19.4 Å². The van der Waals surface area contributed by atoms with Gasteiger partial charge in [0.05, 0.1) is 12.6 Å². The second kappa shape index (κ2) is 6.07. The number of carbonyl (C=O) groups is 1. The van der Waals surface area contributed by atoms with Gasteiger partial charge in [0.25, 0.3) is 0 Å². The van der Waals surface area contributed by atoms with Crippen molar-refractivity contribution in [2.75, 3.05) is 19.0 Å². The molecule has 0 aromatic carbocycles. The molecule has 0 aliphatic carbocycles. The zero-order valence-corrected chi connectivity index (χ0v) is 9.43. The number of nitrogens with zero attached hydrogens (tertiary/aromatic N) is 1. The van der Waals surface area contributed by atoms with Gasteiger partial charge in [-0.15, -0.1) is 0 Å². The van der Waals surface area contributed by atoms with Crippen LogP contribution in [0.25, 0.3) is 0 Å². The molecule has 1 aromatic heterocycles. The molecule has 0 aliphatic heterocycles. The van der Waals surface area contributed by atoms with Crippen molar-refractivity contribution in [1.29, 1.82) is 0 Å². The Hall–Kier alpha value is -1.62. The minimum absolute atomic E-state index is 0.0391. The smallest absolute Gasteiger partial charge is 0.354 e. The average molecular weight is 224 g/mol. The van der Waals surface area contributed by atoms with Crippen LogP contribution in [-0.2, 0) is 4.74 Å². The predicted molar refractivity (Wildman–Crippen MR) is 60.8 cm³/mol. The highest BCUT2D eigenvalue weighted by Crippen LogP contribution is 2.08. The molecule has 16 heavy (non-hydrogen) atoms. The molecule has 1 heterocycles. The summed E-state index contributed by atoms with van der Waals surface area (Å²) >= 11 is 0. The maximum atomic E-state index is 10.7. The second-order valence-electron chi connectivity index (χ2n) is 3.42. The van der Waals surface area contributed by atoms with E-state index in [2.05, 4.69) is 10.3 Å². The summed E-state index contributed by atoms with van der Waals surface area (Å²) in [5, 5.41) is 11.9. The van der Waals surface area contributed by atoms with Gasteiger partial charge in [0, 0.05) is 7.11 Å². The number of anilines is 1. The molecule has 5 heteroatoms. The third kappa shape index (κ3) is 3.51. The van der Waals surface area contributed by atoms with Gasteiger partial charge in [-0.05, 0) is 18.6 Å². The molecule has 0 saturated carbocycles. The average Bonchev–Trinajstić information content (AvgIpc) is 2.29. The Morgan fingerprint density at radius 3 is 2.94 bits per heavy atom. The molecular formula is C11H16N2O3. The van der Waals surface area contributed by atoms with Gasteiger partial charge in [-0.1, -0.05) is 13.0 Å². The maximum Gasteiger partial charge on any atom is 0.354 e. The van der Waals surface area contributed by atoms with E-state index in [-0.39, 0.29) is 11.7 Å². The Morgan fingerprint density at radius 2 is 2.38 bits per heavy atom. The van der Waals surface area contributed by atoms with E-state index in [1.54, 1.807) is 19.2 Å². The molecule has 5 nitrogen and oxygen atoms in total. The van der Waals surface area contributed by atoms with Crippen molar-refractivity contribution in [2.24, 2.45) is 0 Å². The molecule has 1 unspecified atom stereocenters. The monoisotopic (exact) mass is 224 g/mol. The third-order valence-corrected chi connectivity index (χ3v) is 2.18. The van der Waals surface area contributed by atoms with E-state index >= 15 is 0 Å². The Kier molecular flexibility index (Phi) is 4.72. The number of carboxylic acid groups (broad SMARTS) is 1. The minimum atomic E-state index is -1.02. The highest BCUT2D eigenvalue weighted by Gasteiger charge is 2.08. The zero-order valence-electron chi connectivity index (χ0n) is 9.43. The van der Waals surface area contributed by atoms with Crippen LogP contribution >= 0.6 is 0 Å². The van der Waals surface area contributed by atoms with Gasteiger partial charge >= 0.3 is 5.97 Å². The highest BCUT2D eigenvalue weighted by atomic mass is 16.5. The first-order chi connectivity index (χ1) is 7.67. The number of aromatic nitrogens is 1. The van der Waals surface area contributed by atoms with E-state index < -0.39 is 5.97 Å². The number of hydrogen-bond donors (Lipinski definition) is 2. The van der Waals surface area contributed by atoms with Gasteiger partial charge in [0.1, 0.15) is 5.82 Å². The second-order valence-corrected chi connectivity index (χ2v) is 3.42. The van der Waals surface area contributed by atoms with Crippen molar-refractivity contribution in [1.82, 2.24) is 4.98 Å². The summed E-state index contributed by atoms with van der Waals surface area (Å²) in [5.41, 5.74) is 0.0391. The normalized spacial score (nSPS) is 12.1. The van der Waals surface area contributed by atoms with Crippen LogP contribution in [0.2, 0.25) is 0 Å². The molecule has 1 rings (SSSR count). The van der Waals surface area contributed by atoms with Gasteiger partial charge in [-0.25, -0.2) is 9.78 Å². The minimum Gasteiger partial charge on any atom is -0.477 e. The van der Waals surface area contributed by atoms with Crippen LogP contribution in [0.4, 0.5) is 5.82 Å². The van der Waals surface area contributed by atoms with Crippen molar-refractivity contribution < 1.29 is 14.6 Å². The van der Waals surface area contributed by atoms with Gasteiger partial charge in [0.15, 0.2) is 5.69 Å². The SMILES string of the molecule is CCC(COC)Nc1cccc(C(=O)O)n1. The van der Waals surface area contributed by atoms with E-state index in [4.69, 9.17) is 9.84 Å². The number of nitrogens with one attached hydrogen (secondary N) is 1. The molecule has 0 aliphatic rings. The molecule has 0 radical (unpaired) electrons. The van der Waals surface area contributed by atoms with Crippen LogP contribution in [0.5, 0.6) is 0 Å². The molecule has 1 atom stereocenters. The molecule has 0 spiro atoms. The van der Waals surface area contributed by atoms with Crippen LogP contribution in [0.1, 0.15) is 23.8 Å². The summed E-state index contributed by atoms with van der Waals surface area (Å²) in [6, 6.07) is 5.01. The summed E-state index contributed by atoms with van der Waals surface area (Å²) in [5.74, 6) is -0.466. The Bertz CT molecular complexity index is 355. The van der Waals surface area contributed by atoms with Crippen LogP contribution in [0, 0.1) is 0 Å². The first-order valence-electron chi connectivity index (χ1n) is 5.13. The van der Waals surface area contributed by atoms with Crippen molar-refractivity contribution in [3.8, 4) is 0 Å². The molecule has 88 valence electrons.